The minimum atomic E-state index is 0.151. The highest BCUT2D eigenvalue weighted by atomic mass is 32.2. The average molecular weight is 633 g/mol. The van der Waals surface area contributed by atoms with Crippen LogP contribution in [0.15, 0.2) is 135 Å². The fourth-order valence-corrected chi connectivity index (χ4v) is 9.61. The number of aromatic nitrogens is 2. The first-order valence-corrected chi connectivity index (χ1v) is 17.9. The summed E-state index contributed by atoms with van der Waals surface area (Å²) in [4.78, 5) is 21.2. The van der Waals surface area contributed by atoms with E-state index in [9.17, 15) is 0 Å². The van der Waals surface area contributed by atoms with Gasteiger partial charge in [-0.2, -0.15) is 0 Å². The first-order chi connectivity index (χ1) is 23.1. The molecule has 2 aromatic heterocycles. The number of rotatable bonds is 6. The number of dihydropyridines is 1. The zero-order valence-electron chi connectivity index (χ0n) is 27.4. The number of allylic oxidation sites excluding steroid dienone is 9. The third-order valence-electron chi connectivity index (χ3n) is 10.2. The van der Waals surface area contributed by atoms with Gasteiger partial charge in [0, 0.05) is 64.5 Å². The normalized spacial score (nSPS) is 25.0. The topological polar surface area (TPSA) is 50.5 Å². The summed E-state index contributed by atoms with van der Waals surface area (Å²) in [5.74, 6) is 0.855. The van der Waals surface area contributed by atoms with E-state index in [2.05, 4.69) is 110 Å². The summed E-state index contributed by atoms with van der Waals surface area (Å²) in [7, 11) is 0. The maximum Gasteiger partial charge on any atom is 0.0917 e. The van der Waals surface area contributed by atoms with Crippen LogP contribution in [0, 0.1) is 11.8 Å². The lowest BCUT2D eigenvalue weighted by molar-refractivity contribution is 0.550. The molecule has 0 spiro atoms. The molecule has 4 heterocycles. The van der Waals surface area contributed by atoms with Gasteiger partial charge >= 0.3 is 0 Å². The molecular weight excluding hydrogens is 593 g/mol. The second kappa shape index (κ2) is 12.7. The Morgan fingerprint density at radius 3 is 2.60 bits per heavy atom. The number of pyridine rings is 2. The molecule has 0 amide bonds. The Balaban J connectivity index is 1.05. The Labute approximate surface area is 282 Å². The molecule has 5 aliphatic rings. The second-order valence-corrected chi connectivity index (χ2v) is 14.3. The van der Waals surface area contributed by atoms with Crippen molar-refractivity contribution in [3.05, 3.63) is 147 Å². The highest BCUT2D eigenvalue weighted by Crippen LogP contribution is 2.54. The van der Waals surface area contributed by atoms with Crippen LogP contribution in [0.4, 0.5) is 0 Å². The molecule has 8 rings (SSSR count). The van der Waals surface area contributed by atoms with Crippen LogP contribution < -0.4 is 0 Å². The van der Waals surface area contributed by atoms with Crippen molar-refractivity contribution in [3.63, 3.8) is 0 Å². The molecule has 47 heavy (non-hydrogen) atoms. The summed E-state index contributed by atoms with van der Waals surface area (Å²) < 4.78 is 0. The van der Waals surface area contributed by atoms with Gasteiger partial charge in [0.2, 0.25) is 0 Å². The van der Waals surface area contributed by atoms with Crippen molar-refractivity contribution < 1.29 is 0 Å². The molecule has 3 aliphatic carbocycles. The van der Waals surface area contributed by atoms with E-state index >= 15 is 0 Å². The van der Waals surface area contributed by atoms with Gasteiger partial charge in [0.05, 0.1) is 23.1 Å². The Bertz CT molecular complexity index is 1970. The second-order valence-electron chi connectivity index (χ2n) is 13.0. The SMILES string of the molecule is CC=NC1=C(Cc2ccc(-c3ccc(C4=NC(/C=C\C)C(C)C5=C4C=CC4C6=C(CCC=C6)SC54)cc3)cn2)CCc2cccnc21. The van der Waals surface area contributed by atoms with Crippen LogP contribution in [0.5, 0.6) is 0 Å². The van der Waals surface area contributed by atoms with Crippen LogP contribution in [0.2, 0.25) is 0 Å². The molecule has 4 atom stereocenters. The van der Waals surface area contributed by atoms with E-state index in [0.29, 0.717) is 17.1 Å². The van der Waals surface area contributed by atoms with E-state index in [0.717, 1.165) is 59.6 Å². The molecule has 5 heteroatoms. The molecule has 234 valence electrons. The van der Waals surface area contributed by atoms with Crippen molar-refractivity contribution in [3.8, 4) is 11.1 Å². The van der Waals surface area contributed by atoms with Gasteiger partial charge < -0.3 is 0 Å². The molecule has 0 N–H and O–H groups in total. The van der Waals surface area contributed by atoms with Gasteiger partial charge in [0.25, 0.3) is 0 Å². The van der Waals surface area contributed by atoms with Gasteiger partial charge in [-0.3, -0.25) is 20.0 Å². The van der Waals surface area contributed by atoms with E-state index < -0.39 is 0 Å². The van der Waals surface area contributed by atoms with Crippen LogP contribution in [0.25, 0.3) is 16.8 Å². The third kappa shape index (κ3) is 5.45. The van der Waals surface area contributed by atoms with Crippen LogP contribution in [-0.2, 0) is 12.8 Å². The van der Waals surface area contributed by atoms with Crippen LogP contribution >= 0.6 is 11.8 Å². The molecule has 1 aromatic carbocycles. The fourth-order valence-electron chi connectivity index (χ4n) is 7.88. The summed E-state index contributed by atoms with van der Waals surface area (Å²) in [5.41, 5.74) is 14.7. The average Bonchev–Trinajstić information content (AvgIpc) is 3.50. The van der Waals surface area contributed by atoms with E-state index in [1.54, 1.807) is 16.1 Å². The number of fused-ring (bicyclic) bond motifs is 4. The van der Waals surface area contributed by atoms with Crippen LogP contribution in [0.3, 0.4) is 0 Å². The minimum Gasteiger partial charge on any atom is -0.276 e. The summed E-state index contributed by atoms with van der Waals surface area (Å²) in [6.45, 7) is 6.46. The molecule has 0 radical (unpaired) electrons. The number of hydrogen-bond acceptors (Lipinski definition) is 5. The largest absolute Gasteiger partial charge is 0.276 e. The molecule has 0 fully saturated rings. The van der Waals surface area contributed by atoms with Crippen LogP contribution in [-0.4, -0.2) is 33.2 Å². The standard InChI is InChI=1S/C42H40N4S/c1-4-9-36-26(3)38-35(22-21-34-33-11-6-7-12-37(33)47-42(34)38)39(46-36)29-15-13-27(14-16-29)31-19-20-32(45-25-31)24-30-18-17-28-10-8-23-44-40(28)41(30)43-5-2/h4-6,8-11,13-16,19-23,25-26,34,36,42H,7,12,17-18,24H2,1-3H3/b9-4-,43-5?. The molecule has 3 aromatic rings. The molecule has 0 saturated heterocycles. The number of aliphatic imine (C=N–C) groups is 2. The number of aryl methyl sites for hydroxylation is 1. The number of nitrogens with zero attached hydrogens (tertiary/aromatic N) is 4. The number of benzene rings is 1. The summed E-state index contributed by atoms with van der Waals surface area (Å²) in [5, 5.41) is 0.472. The summed E-state index contributed by atoms with van der Waals surface area (Å²) in [6, 6.07) is 17.6. The lowest BCUT2D eigenvalue weighted by Crippen LogP contribution is -2.34. The van der Waals surface area contributed by atoms with Crippen molar-refractivity contribution in [2.24, 2.45) is 21.8 Å². The van der Waals surface area contributed by atoms with Crippen molar-refractivity contribution in [1.82, 2.24) is 9.97 Å². The predicted molar refractivity (Wildman–Crippen MR) is 198 cm³/mol. The molecule has 0 saturated carbocycles. The molecule has 0 bridgehead atoms. The molecular formula is C42H40N4S. The lowest BCUT2D eigenvalue weighted by atomic mass is 9.73. The van der Waals surface area contributed by atoms with Crippen molar-refractivity contribution in [2.75, 3.05) is 0 Å². The van der Waals surface area contributed by atoms with Gasteiger partial charge in [-0.25, -0.2) is 0 Å². The number of hydrogen-bond donors (Lipinski definition) is 0. The maximum atomic E-state index is 5.37. The van der Waals surface area contributed by atoms with Crippen molar-refractivity contribution >= 4 is 29.4 Å². The predicted octanol–water partition coefficient (Wildman–Crippen LogP) is 9.72. The highest BCUT2D eigenvalue weighted by molar-refractivity contribution is 8.04. The van der Waals surface area contributed by atoms with Gasteiger partial charge in [-0.15, -0.1) is 11.8 Å². The highest BCUT2D eigenvalue weighted by Gasteiger charge is 2.43. The van der Waals surface area contributed by atoms with E-state index in [4.69, 9.17) is 15.0 Å². The smallest absolute Gasteiger partial charge is 0.0917 e. The maximum absolute atomic E-state index is 5.37. The van der Waals surface area contributed by atoms with Crippen molar-refractivity contribution in [1.29, 1.82) is 0 Å². The first-order valence-electron chi connectivity index (χ1n) is 17.0. The molecule has 4 unspecified atom stereocenters. The fraction of sp³-hybridized carbons (Fsp3) is 0.286. The van der Waals surface area contributed by atoms with Crippen molar-refractivity contribution in [2.45, 2.75) is 64.2 Å². The van der Waals surface area contributed by atoms with Gasteiger partial charge in [0.15, 0.2) is 0 Å². The molecule has 2 aliphatic heterocycles. The Kier molecular flexibility index (Phi) is 8.10. The third-order valence-corrected chi connectivity index (χ3v) is 11.8. The minimum absolute atomic E-state index is 0.151. The number of thioether (sulfide) groups is 1. The molecule has 4 nitrogen and oxygen atoms in total. The van der Waals surface area contributed by atoms with E-state index in [1.165, 1.54) is 28.7 Å². The van der Waals surface area contributed by atoms with E-state index in [-0.39, 0.29) is 6.04 Å². The first kappa shape index (κ1) is 30.0. The monoisotopic (exact) mass is 632 g/mol. The lowest BCUT2D eigenvalue weighted by Gasteiger charge is -2.37. The summed E-state index contributed by atoms with van der Waals surface area (Å²) in [6.07, 6.45) is 24.9. The Morgan fingerprint density at radius 2 is 1.79 bits per heavy atom. The zero-order chi connectivity index (χ0) is 31.9. The Hall–Kier alpha value is -4.35. The van der Waals surface area contributed by atoms with E-state index in [1.807, 2.05) is 31.6 Å². The van der Waals surface area contributed by atoms with Gasteiger partial charge in [-0.1, -0.05) is 79.8 Å². The zero-order valence-corrected chi connectivity index (χ0v) is 28.2. The van der Waals surface area contributed by atoms with Gasteiger partial charge in [0.1, 0.15) is 0 Å². The summed E-state index contributed by atoms with van der Waals surface area (Å²) >= 11 is 2.12. The Morgan fingerprint density at radius 1 is 0.936 bits per heavy atom. The quantitative estimate of drug-likeness (QED) is 0.201. The van der Waals surface area contributed by atoms with Gasteiger partial charge in [-0.05, 0) is 84.4 Å². The van der Waals surface area contributed by atoms with Crippen LogP contribution in [0.1, 0.15) is 62.5 Å².